The highest BCUT2D eigenvalue weighted by Crippen LogP contribution is 2.06. The van der Waals surface area contributed by atoms with E-state index in [1.54, 1.807) is 0 Å². The predicted octanol–water partition coefficient (Wildman–Crippen LogP) is 1.23. The molecule has 1 rings (SSSR count). The second-order valence-electron chi connectivity index (χ2n) is 3.39. The lowest BCUT2D eigenvalue weighted by molar-refractivity contribution is 0.161. The summed E-state index contributed by atoms with van der Waals surface area (Å²) in [5, 5.41) is 8.53. The third-order valence-corrected chi connectivity index (χ3v) is 1.77. The molecule has 72 valence electrons. The Labute approximate surface area is 78.9 Å². The van der Waals surface area contributed by atoms with Crippen LogP contribution in [0.4, 0.5) is 0 Å². The molecule has 2 N–H and O–H groups in total. The molecule has 3 nitrogen and oxygen atoms in total. The first kappa shape index (κ1) is 10.2. The quantitative estimate of drug-likeness (QED) is 0.684. The third-order valence-electron chi connectivity index (χ3n) is 1.77. The number of hydrogen-bond donors (Lipinski definition) is 2. The highest BCUT2D eigenvalue weighted by molar-refractivity contribution is 5.23. The minimum atomic E-state index is 0.501. The molecule has 1 aromatic rings. The lowest BCUT2D eigenvalue weighted by Crippen LogP contribution is -2.11. The van der Waals surface area contributed by atoms with Crippen molar-refractivity contribution in [2.45, 2.75) is 13.1 Å². The van der Waals surface area contributed by atoms with E-state index >= 15 is 0 Å². The molecule has 0 spiro atoms. The number of rotatable bonds is 4. The van der Waals surface area contributed by atoms with Crippen LogP contribution < -0.4 is 5.48 Å². The zero-order valence-electron chi connectivity index (χ0n) is 8.12. The van der Waals surface area contributed by atoms with E-state index in [0.717, 1.165) is 12.1 Å². The van der Waals surface area contributed by atoms with Crippen LogP contribution in [0, 0.1) is 0 Å². The van der Waals surface area contributed by atoms with Crippen LogP contribution in [0.25, 0.3) is 0 Å². The monoisotopic (exact) mass is 180 g/mol. The van der Waals surface area contributed by atoms with Gasteiger partial charge in [0.1, 0.15) is 0 Å². The standard InChI is InChI=1S/C10H16N2O/c1-12(2)8-10-5-3-4-9(6-10)7-11-13/h3-6,11,13H,7-8H2,1-2H3. The van der Waals surface area contributed by atoms with Crippen molar-refractivity contribution in [2.24, 2.45) is 0 Å². The van der Waals surface area contributed by atoms with Crippen molar-refractivity contribution in [3.63, 3.8) is 0 Å². The normalized spacial score (nSPS) is 10.8. The predicted molar refractivity (Wildman–Crippen MR) is 52.5 cm³/mol. The van der Waals surface area contributed by atoms with Gasteiger partial charge in [-0.15, -0.1) is 0 Å². The van der Waals surface area contributed by atoms with Gasteiger partial charge in [-0.2, -0.15) is 0 Å². The van der Waals surface area contributed by atoms with Crippen molar-refractivity contribution in [2.75, 3.05) is 14.1 Å². The molecule has 0 saturated carbocycles. The van der Waals surface area contributed by atoms with Crippen LogP contribution >= 0.6 is 0 Å². The van der Waals surface area contributed by atoms with E-state index in [1.165, 1.54) is 5.56 Å². The largest absolute Gasteiger partial charge is 0.316 e. The second-order valence-corrected chi connectivity index (χ2v) is 3.39. The van der Waals surface area contributed by atoms with Crippen molar-refractivity contribution in [3.05, 3.63) is 35.4 Å². The van der Waals surface area contributed by atoms with Gasteiger partial charge in [-0.25, -0.2) is 5.48 Å². The lowest BCUT2D eigenvalue weighted by atomic mass is 10.1. The Morgan fingerprint density at radius 2 is 2.00 bits per heavy atom. The maximum absolute atomic E-state index is 8.53. The SMILES string of the molecule is CN(C)Cc1cccc(CNO)c1. The number of hydroxylamine groups is 1. The Balaban J connectivity index is 2.67. The average Bonchev–Trinajstić information content (AvgIpc) is 2.04. The van der Waals surface area contributed by atoms with E-state index in [-0.39, 0.29) is 0 Å². The van der Waals surface area contributed by atoms with Crippen molar-refractivity contribution < 1.29 is 5.21 Å². The second kappa shape index (κ2) is 4.97. The van der Waals surface area contributed by atoms with E-state index in [2.05, 4.69) is 22.5 Å². The summed E-state index contributed by atoms with van der Waals surface area (Å²) in [6, 6.07) is 8.16. The fraction of sp³-hybridized carbons (Fsp3) is 0.400. The number of nitrogens with zero attached hydrogens (tertiary/aromatic N) is 1. The summed E-state index contributed by atoms with van der Waals surface area (Å²) >= 11 is 0. The maximum Gasteiger partial charge on any atom is 0.0458 e. The first-order valence-electron chi connectivity index (χ1n) is 4.32. The van der Waals surface area contributed by atoms with E-state index < -0.39 is 0 Å². The zero-order chi connectivity index (χ0) is 9.68. The minimum Gasteiger partial charge on any atom is -0.316 e. The Morgan fingerprint density at radius 3 is 2.62 bits per heavy atom. The van der Waals surface area contributed by atoms with Crippen molar-refractivity contribution in [3.8, 4) is 0 Å². The lowest BCUT2D eigenvalue weighted by Gasteiger charge is -2.10. The summed E-state index contributed by atoms with van der Waals surface area (Å²) in [4.78, 5) is 2.12. The van der Waals surface area contributed by atoms with Gasteiger partial charge in [-0.1, -0.05) is 24.3 Å². The van der Waals surface area contributed by atoms with Gasteiger partial charge in [-0.3, -0.25) is 0 Å². The van der Waals surface area contributed by atoms with E-state index in [1.807, 2.05) is 26.2 Å². The van der Waals surface area contributed by atoms with Crippen LogP contribution in [0.1, 0.15) is 11.1 Å². The molecule has 0 aliphatic heterocycles. The average molecular weight is 180 g/mol. The highest BCUT2D eigenvalue weighted by atomic mass is 16.5. The molecule has 0 radical (unpaired) electrons. The molecule has 0 aliphatic rings. The van der Waals surface area contributed by atoms with Crippen LogP contribution in [-0.4, -0.2) is 24.2 Å². The fourth-order valence-electron chi connectivity index (χ4n) is 1.29. The fourth-order valence-corrected chi connectivity index (χ4v) is 1.29. The summed E-state index contributed by atoms with van der Waals surface area (Å²) in [6.07, 6.45) is 0. The zero-order valence-corrected chi connectivity index (χ0v) is 8.12. The summed E-state index contributed by atoms with van der Waals surface area (Å²) in [5.74, 6) is 0. The first-order chi connectivity index (χ1) is 6.22. The van der Waals surface area contributed by atoms with Gasteiger partial charge >= 0.3 is 0 Å². The number of nitrogens with one attached hydrogen (secondary N) is 1. The summed E-state index contributed by atoms with van der Waals surface area (Å²) in [7, 11) is 4.08. The molecule has 0 fully saturated rings. The van der Waals surface area contributed by atoms with Gasteiger partial charge in [0.2, 0.25) is 0 Å². The molecule has 13 heavy (non-hydrogen) atoms. The first-order valence-corrected chi connectivity index (χ1v) is 4.32. The molecule has 3 heteroatoms. The van der Waals surface area contributed by atoms with Gasteiger partial charge in [0.25, 0.3) is 0 Å². The molecule has 0 aromatic heterocycles. The minimum absolute atomic E-state index is 0.501. The van der Waals surface area contributed by atoms with Crippen LogP contribution in [-0.2, 0) is 13.1 Å². The Hall–Kier alpha value is -0.900. The van der Waals surface area contributed by atoms with Crippen LogP contribution in [0.15, 0.2) is 24.3 Å². The summed E-state index contributed by atoms with van der Waals surface area (Å²) in [6.45, 7) is 1.43. The van der Waals surface area contributed by atoms with Crippen LogP contribution in [0.5, 0.6) is 0 Å². The molecule has 1 aromatic carbocycles. The summed E-state index contributed by atoms with van der Waals surface area (Å²) in [5.41, 5.74) is 4.51. The van der Waals surface area contributed by atoms with Crippen molar-refractivity contribution >= 4 is 0 Å². The maximum atomic E-state index is 8.53. The van der Waals surface area contributed by atoms with Gasteiger partial charge in [0.15, 0.2) is 0 Å². The molecule has 0 atom stereocenters. The van der Waals surface area contributed by atoms with Gasteiger partial charge in [-0.05, 0) is 25.2 Å². The van der Waals surface area contributed by atoms with E-state index in [0.29, 0.717) is 6.54 Å². The Bertz CT molecular complexity index is 261. The highest BCUT2D eigenvalue weighted by Gasteiger charge is 1.96. The molecular formula is C10H16N2O. The van der Waals surface area contributed by atoms with Crippen LogP contribution in [0.3, 0.4) is 0 Å². The van der Waals surface area contributed by atoms with E-state index in [4.69, 9.17) is 5.21 Å². The van der Waals surface area contributed by atoms with Gasteiger partial charge in [0.05, 0.1) is 0 Å². The summed E-state index contributed by atoms with van der Waals surface area (Å²) < 4.78 is 0. The van der Waals surface area contributed by atoms with Crippen molar-refractivity contribution in [1.82, 2.24) is 10.4 Å². The van der Waals surface area contributed by atoms with Gasteiger partial charge in [0, 0.05) is 13.1 Å². The molecule has 0 bridgehead atoms. The van der Waals surface area contributed by atoms with Gasteiger partial charge < -0.3 is 10.1 Å². The van der Waals surface area contributed by atoms with E-state index in [9.17, 15) is 0 Å². The molecule has 0 amide bonds. The molecule has 0 saturated heterocycles. The molecule has 0 heterocycles. The Morgan fingerprint density at radius 1 is 1.31 bits per heavy atom. The Kier molecular flexibility index (Phi) is 3.89. The molecule has 0 aliphatic carbocycles. The molecular weight excluding hydrogens is 164 g/mol. The van der Waals surface area contributed by atoms with Crippen molar-refractivity contribution in [1.29, 1.82) is 0 Å². The number of hydrogen-bond acceptors (Lipinski definition) is 3. The van der Waals surface area contributed by atoms with Crippen LogP contribution in [0.2, 0.25) is 0 Å². The number of benzene rings is 1. The molecule has 0 unspecified atom stereocenters. The topological polar surface area (TPSA) is 35.5 Å². The third kappa shape index (κ3) is 3.55. The smallest absolute Gasteiger partial charge is 0.0458 e.